The van der Waals surface area contributed by atoms with E-state index in [2.05, 4.69) is 37.7 Å². The van der Waals surface area contributed by atoms with Crippen molar-refractivity contribution < 1.29 is 4.39 Å². The second-order valence-corrected chi connectivity index (χ2v) is 5.46. The molecule has 0 unspecified atom stereocenters. The molecule has 0 saturated heterocycles. The fourth-order valence-corrected chi connectivity index (χ4v) is 2.42. The number of hydrogen-bond donors (Lipinski definition) is 1. The third kappa shape index (κ3) is 3.15. The smallest absolute Gasteiger partial charge is 0.207 e. The van der Waals surface area contributed by atoms with Crippen LogP contribution in [0.25, 0.3) is 0 Å². The molecule has 1 heterocycles. The average molecular weight is 326 g/mol. The predicted molar refractivity (Wildman–Crippen MR) is 79.4 cm³/mol. The molecule has 19 heavy (non-hydrogen) atoms. The molecule has 3 nitrogen and oxygen atoms in total. The normalized spacial score (nSPS) is 10.8. The Morgan fingerprint density at radius 3 is 2.79 bits per heavy atom. The molecule has 0 aliphatic rings. The third-order valence-electron chi connectivity index (χ3n) is 2.88. The molecule has 2 aromatic rings. The van der Waals surface area contributed by atoms with Crippen LogP contribution in [0.1, 0.15) is 24.6 Å². The molecule has 1 aromatic heterocycles. The van der Waals surface area contributed by atoms with Gasteiger partial charge in [0.25, 0.3) is 0 Å². The SMILES string of the molecule is CCCn1cc(C)nc1Nc1cc(F)c(Br)cc1C. The fraction of sp³-hybridized carbons (Fsp3) is 0.357. The lowest BCUT2D eigenvalue weighted by atomic mass is 10.2. The lowest BCUT2D eigenvalue weighted by Gasteiger charge is -2.11. The highest BCUT2D eigenvalue weighted by Gasteiger charge is 2.09. The number of aryl methyl sites for hydroxylation is 3. The zero-order valence-corrected chi connectivity index (χ0v) is 12.9. The maximum atomic E-state index is 13.6. The first-order valence-electron chi connectivity index (χ1n) is 6.27. The van der Waals surface area contributed by atoms with Crippen LogP contribution in [0.5, 0.6) is 0 Å². The Morgan fingerprint density at radius 2 is 2.11 bits per heavy atom. The Morgan fingerprint density at radius 1 is 1.37 bits per heavy atom. The first-order chi connectivity index (χ1) is 9.01. The number of aromatic nitrogens is 2. The summed E-state index contributed by atoms with van der Waals surface area (Å²) in [7, 11) is 0. The number of nitrogens with one attached hydrogen (secondary N) is 1. The van der Waals surface area contributed by atoms with Crippen LogP contribution in [0.4, 0.5) is 16.0 Å². The van der Waals surface area contributed by atoms with E-state index in [-0.39, 0.29) is 5.82 Å². The summed E-state index contributed by atoms with van der Waals surface area (Å²) in [6.07, 6.45) is 3.02. The summed E-state index contributed by atoms with van der Waals surface area (Å²) in [6.45, 7) is 6.89. The number of nitrogens with zero attached hydrogens (tertiary/aromatic N) is 2. The van der Waals surface area contributed by atoms with Gasteiger partial charge in [-0.15, -0.1) is 0 Å². The van der Waals surface area contributed by atoms with E-state index in [0.717, 1.165) is 35.9 Å². The van der Waals surface area contributed by atoms with E-state index in [1.54, 1.807) is 6.07 Å². The van der Waals surface area contributed by atoms with Gasteiger partial charge in [0.15, 0.2) is 0 Å². The van der Waals surface area contributed by atoms with E-state index >= 15 is 0 Å². The summed E-state index contributed by atoms with van der Waals surface area (Å²) < 4.78 is 16.1. The molecule has 0 aliphatic carbocycles. The van der Waals surface area contributed by atoms with Gasteiger partial charge in [0.1, 0.15) is 5.82 Å². The molecule has 0 spiro atoms. The number of benzene rings is 1. The third-order valence-corrected chi connectivity index (χ3v) is 3.48. The van der Waals surface area contributed by atoms with Crippen LogP contribution in [0.2, 0.25) is 0 Å². The van der Waals surface area contributed by atoms with Crippen molar-refractivity contribution in [3.05, 3.63) is 39.9 Å². The molecule has 2 rings (SSSR count). The van der Waals surface area contributed by atoms with Gasteiger partial charge in [-0.3, -0.25) is 0 Å². The van der Waals surface area contributed by atoms with Crippen molar-refractivity contribution in [3.63, 3.8) is 0 Å². The van der Waals surface area contributed by atoms with Gasteiger partial charge >= 0.3 is 0 Å². The molecule has 0 radical (unpaired) electrons. The molecule has 0 bridgehead atoms. The van der Waals surface area contributed by atoms with Gasteiger partial charge in [0, 0.05) is 18.4 Å². The van der Waals surface area contributed by atoms with Crippen molar-refractivity contribution in [1.29, 1.82) is 0 Å². The zero-order chi connectivity index (χ0) is 14.0. The number of rotatable bonds is 4. The summed E-state index contributed by atoms with van der Waals surface area (Å²) in [5, 5.41) is 3.21. The van der Waals surface area contributed by atoms with Gasteiger partial charge in [-0.05, 0) is 53.9 Å². The van der Waals surface area contributed by atoms with Crippen molar-refractivity contribution in [2.24, 2.45) is 0 Å². The van der Waals surface area contributed by atoms with Gasteiger partial charge < -0.3 is 9.88 Å². The molecule has 5 heteroatoms. The summed E-state index contributed by atoms with van der Waals surface area (Å²) in [4.78, 5) is 4.44. The lowest BCUT2D eigenvalue weighted by Crippen LogP contribution is -2.04. The van der Waals surface area contributed by atoms with Crippen LogP contribution in [0.3, 0.4) is 0 Å². The van der Waals surface area contributed by atoms with Gasteiger partial charge in [-0.1, -0.05) is 6.92 Å². The largest absolute Gasteiger partial charge is 0.325 e. The van der Waals surface area contributed by atoms with Crippen LogP contribution >= 0.6 is 15.9 Å². The van der Waals surface area contributed by atoms with E-state index in [1.165, 1.54) is 6.07 Å². The van der Waals surface area contributed by atoms with E-state index in [0.29, 0.717) is 4.47 Å². The Kier molecular flexibility index (Phi) is 4.24. The summed E-state index contributed by atoms with van der Waals surface area (Å²) in [6, 6.07) is 3.25. The highest BCUT2D eigenvalue weighted by molar-refractivity contribution is 9.10. The molecular formula is C14H17BrFN3. The Balaban J connectivity index is 2.33. The molecule has 0 saturated carbocycles. The fourth-order valence-electron chi connectivity index (χ4n) is 1.96. The molecule has 0 atom stereocenters. The molecule has 0 aliphatic heterocycles. The van der Waals surface area contributed by atoms with Crippen molar-refractivity contribution >= 4 is 27.6 Å². The van der Waals surface area contributed by atoms with E-state index in [4.69, 9.17) is 0 Å². The average Bonchev–Trinajstić information content (AvgIpc) is 2.67. The predicted octanol–water partition coefficient (Wildman–Crippen LogP) is 4.56. The van der Waals surface area contributed by atoms with Crippen LogP contribution < -0.4 is 5.32 Å². The molecule has 0 fully saturated rings. The highest BCUT2D eigenvalue weighted by atomic mass is 79.9. The lowest BCUT2D eigenvalue weighted by molar-refractivity contribution is 0.621. The van der Waals surface area contributed by atoms with Gasteiger partial charge in [-0.2, -0.15) is 0 Å². The minimum absolute atomic E-state index is 0.279. The number of hydrogen-bond acceptors (Lipinski definition) is 2. The minimum Gasteiger partial charge on any atom is -0.325 e. The first-order valence-corrected chi connectivity index (χ1v) is 7.07. The Bertz CT molecular complexity index is 593. The summed E-state index contributed by atoms with van der Waals surface area (Å²) >= 11 is 3.19. The maximum Gasteiger partial charge on any atom is 0.207 e. The zero-order valence-electron chi connectivity index (χ0n) is 11.3. The molecule has 102 valence electrons. The van der Waals surface area contributed by atoms with E-state index in [1.807, 2.05) is 20.0 Å². The topological polar surface area (TPSA) is 29.9 Å². The van der Waals surface area contributed by atoms with Crippen molar-refractivity contribution in [2.75, 3.05) is 5.32 Å². The minimum atomic E-state index is -0.279. The molecule has 0 amide bonds. The van der Waals surface area contributed by atoms with Crippen molar-refractivity contribution in [2.45, 2.75) is 33.7 Å². The van der Waals surface area contributed by atoms with Gasteiger partial charge in [0.2, 0.25) is 5.95 Å². The van der Waals surface area contributed by atoms with E-state index in [9.17, 15) is 4.39 Å². The second-order valence-electron chi connectivity index (χ2n) is 4.61. The first kappa shape index (κ1) is 14.1. The standard InChI is InChI=1S/C14H17BrFN3/c1-4-5-19-8-10(3)17-14(19)18-13-7-12(16)11(15)6-9(13)2/h6-8H,4-5H2,1-3H3,(H,17,18). The summed E-state index contributed by atoms with van der Waals surface area (Å²) in [5.74, 6) is 0.475. The molecule has 1 N–H and O–H groups in total. The number of imidazole rings is 1. The van der Waals surface area contributed by atoms with Gasteiger partial charge in [0.05, 0.1) is 10.2 Å². The molecule has 1 aromatic carbocycles. The van der Waals surface area contributed by atoms with Crippen LogP contribution in [-0.4, -0.2) is 9.55 Å². The van der Waals surface area contributed by atoms with Crippen molar-refractivity contribution in [3.8, 4) is 0 Å². The summed E-state index contributed by atoms with van der Waals surface area (Å²) in [5.41, 5.74) is 2.66. The highest BCUT2D eigenvalue weighted by Crippen LogP contribution is 2.26. The van der Waals surface area contributed by atoms with Crippen molar-refractivity contribution in [1.82, 2.24) is 9.55 Å². The van der Waals surface area contributed by atoms with Gasteiger partial charge in [-0.25, -0.2) is 9.37 Å². The number of anilines is 2. The quantitative estimate of drug-likeness (QED) is 0.893. The van der Waals surface area contributed by atoms with Crippen LogP contribution in [-0.2, 0) is 6.54 Å². The van der Waals surface area contributed by atoms with Crippen LogP contribution in [0, 0.1) is 19.7 Å². The van der Waals surface area contributed by atoms with E-state index < -0.39 is 0 Å². The maximum absolute atomic E-state index is 13.6. The Labute approximate surface area is 121 Å². The van der Waals surface area contributed by atoms with Crippen LogP contribution in [0.15, 0.2) is 22.8 Å². The Hall–Kier alpha value is -1.36. The number of halogens is 2. The monoisotopic (exact) mass is 325 g/mol. The second kappa shape index (κ2) is 5.74. The molecular weight excluding hydrogens is 309 g/mol.